The van der Waals surface area contributed by atoms with E-state index in [1.54, 1.807) is 12.1 Å². The van der Waals surface area contributed by atoms with Gasteiger partial charge in [0, 0.05) is 5.56 Å². The number of hydrogen-bond acceptors (Lipinski definition) is 6. The van der Waals surface area contributed by atoms with E-state index in [4.69, 9.17) is 5.11 Å². The molecule has 2 N–H and O–H groups in total. The average Bonchev–Trinajstić information content (AvgIpc) is 2.88. The lowest BCUT2D eigenvalue weighted by Crippen LogP contribution is -2.14. The van der Waals surface area contributed by atoms with Crippen LogP contribution in [0.4, 0.5) is 5.13 Å². The number of aryl methyl sites for hydroxylation is 1. The first-order chi connectivity index (χ1) is 9.53. The van der Waals surface area contributed by atoms with Gasteiger partial charge in [-0.2, -0.15) is 0 Å². The predicted octanol–water partition coefficient (Wildman–Crippen LogP) is 0.991. The van der Waals surface area contributed by atoms with Crippen LogP contribution in [0.3, 0.4) is 0 Å². The fraction of sp³-hybridized carbons (Fsp3) is 0.167. The molecule has 0 amide bonds. The summed E-state index contributed by atoms with van der Waals surface area (Å²) >= 11 is 1.08. The van der Waals surface area contributed by atoms with E-state index in [-0.39, 0.29) is 16.6 Å². The minimum absolute atomic E-state index is 0.0410. The van der Waals surface area contributed by atoms with Crippen LogP contribution in [0.15, 0.2) is 28.6 Å². The summed E-state index contributed by atoms with van der Waals surface area (Å²) in [5.41, 5.74) is 2.64. The van der Waals surface area contributed by atoms with E-state index >= 15 is 0 Å². The van der Waals surface area contributed by atoms with Gasteiger partial charge in [0.15, 0.2) is 0 Å². The third-order valence-electron chi connectivity index (χ3n) is 2.31. The minimum atomic E-state index is -3.79. The quantitative estimate of drug-likeness (QED) is 0.825. The van der Waals surface area contributed by atoms with Gasteiger partial charge in [-0.1, -0.05) is 29.2 Å². The molecule has 8 heteroatoms. The molecule has 0 saturated heterocycles. The lowest BCUT2D eigenvalue weighted by molar-refractivity contribution is 0.350. The Morgan fingerprint density at radius 1 is 1.45 bits per heavy atom. The van der Waals surface area contributed by atoms with Gasteiger partial charge in [0.25, 0.3) is 10.0 Å². The van der Waals surface area contributed by atoms with Crippen LogP contribution >= 0.6 is 11.3 Å². The highest BCUT2D eigenvalue weighted by molar-refractivity contribution is 7.93. The molecule has 0 fully saturated rings. The molecule has 0 unspecified atom stereocenters. The van der Waals surface area contributed by atoms with Crippen molar-refractivity contribution in [1.82, 2.24) is 10.2 Å². The number of hydrogen-bond donors (Lipinski definition) is 2. The molecule has 2 rings (SSSR count). The van der Waals surface area contributed by atoms with Gasteiger partial charge in [0.2, 0.25) is 5.13 Å². The molecule has 0 atom stereocenters. The monoisotopic (exact) mass is 309 g/mol. The molecular formula is C12H11N3O3S2. The molecule has 20 heavy (non-hydrogen) atoms. The van der Waals surface area contributed by atoms with Gasteiger partial charge >= 0.3 is 0 Å². The van der Waals surface area contributed by atoms with Gasteiger partial charge in [-0.15, -0.1) is 10.2 Å². The van der Waals surface area contributed by atoms with E-state index in [1.807, 2.05) is 6.92 Å². The summed E-state index contributed by atoms with van der Waals surface area (Å²) in [6.07, 6.45) is 0. The number of nitrogens with zero attached hydrogens (tertiary/aromatic N) is 2. The van der Waals surface area contributed by atoms with Gasteiger partial charge in [-0.3, -0.25) is 4.72 Å². The van der Waals surface area contributed by atoms with Crippen molar-refractivity contribution in [3.8, 4) is 11.8 Å². The zero-order valence-electron chi connectivity index (χ0n) is 10.5. The zero-order chi connectivity index (χ0) is 14.6. The molecule has 1 aromatic heterocycles. The Kier molecular flexibility index (Phi) is 4.34. The summed E-state index contributed by atoms with van der Waals surface area (Å²) in [5, 5.41) is 16.1. The number of benzene rings is 1. The fourth-order valence-electron chi connectivity index (χ4n) is 1.50. The van der Waals surface area contributed by atoms with E-state index in [0.717, 1.165) is 16.9 Å². The Labute approximate surface area is 120 Å². The second kappa shape index (κ2) is 6.00. The Balaban J connectivity index is 2.45. The largest absolute Gasteiger partial charge is 0.384 e. The number of nitrogens with one attached hydrogen (secondary N) is 1. The standard InChI is InChI=1S/C12H11N3O3S2/c1-9-4-5-11(10(7-9)3-2-6-16)20(17,18)15-12-14-13-8-19-12/h4-5,7-8,16H,6H2,1H3,(H,14,15). The number of anilines is 1. The van der Waals surface area contributed by atoms with Gasteiger partial charge < -0.3 is 5.11 Å². The highest BCUT2D eigenvalue weighted by Gasteiger charge is 2.19. The Morgan fingerprint density at radius 3 is 2.90 bits per heavy atom. The van der Waals surface area contributed by atoms with Crippen molar-refractivity contribution < 1.29 is 13.5 Å². The summed E-state index contributed by atoms with van der Waals surface area (Å²) < 4.78 is 26.9. The molecule has 0 bridgehead atoms. The van der Waals surface area contributed by atoms with E-state index in [1.165, 1.54) is 11.6 Å². The van der Waals surface area contributed by atoms with Crippen molar-refractivity contribution in [3.05, 3.63) is 34.8 Å². The zero-order valence-corrected chi connectivity index (χ0v) is 12.1. The van der Waals surface area contributed by atoms with Crippen molar-refractivity contribution >= 4 is 26.5 Å². The van der Waals surface area contributed by atoms with Crippen LogP contribution in [0.1, 0.15) is 11.1 Å². The number of aliphatic hydroxyl groups is 1. The second-order valence-electron chi connectivity index (χ2n) is 3.81. The van der Waals surface area contributed by atoms with Crippen molar-refractivity contribution in [2.45, 2.75) is 11.8 Å². The van der Waals surface area contributed by atoms with Crippen molar-refractivity contribution in [2.75, 3.05) is 11.3 Å². The molecule has 6 nitrogen and oxygen atoms in total. The molecule has 0 spiro atoms. The number of sulfonamides is 1. The first-order valence-electron chi connectivity index (χ1n) is 5.52. The maximum atomic E-state index is 12.3. The van der Waals surface area contributed by atoms with E-state index in [0.29, 0.717) is 5.56 Å². The maximum Gasteiger partial charge on any atom is 0.264 e. The molecule has 1 aromatic carbocycles. The van der Waals surface area contributed by atoms with Crippen LogP contribution in [0, 0.1) is 18.8 Å². The summed E-state index contributed by atoms with van der Waals surface area (Å²) in [4.78, 5) is 0.0410. The van der Waals surface area contributed by atoms with E-state index in [9.17, 15) is 8.42 Å². The summed E-state index contributed by atoms with van der Waals surface area (Å²) in [7, 11) is -3.79. The van der Waals surface area contributed by atoms with Crippen LogP contribution in [0.25, 0.3) is 0 Å². The van der Waals surface area contributed by atoms with Gasteiger partial charge in [0.05, 0.1) is 0 Å². The molecule has 0 radical (unpaired) electrons. The number of aromatic nitrogens is 2. The van der Waals surface area contributed by atoms with Crippen LogP contribution in [0.2, 0.25) is 0 Å². The van der Waals surface area contributed by atoms with E-state index in [2.05, 4.69) is 26.8 Å². The third-order valence-corrected chi connectivity index (χ3v) is 4.44. The Morgan fingerprint density at radius 2 is 2.25 bits per heavy atom. The van der Waals surface area contributed by atoms with Crippen molar-refractivity contribution in [2.24, 2.45) is 0 Å². The van der Waals surface area contributed by atoms with Crippen molar-refractivity contribution in [1.29, 1.82) is 0 Å². The van der Waals surface area contributed by atoms with Crippen LogP contribution in [-0.2, 0) is 10.0 Å². The summed E-state index contributed by atoms with van der Waals surface area (Å²) in [6, 6.07) is 4.80. The molecule has 1 heterocycles. The number of rotatable bonds is 3. The SMILES string of the molecule is Cc1ccc(S(=O)(=O)Nc2nncs2)c(C#CCO)c1. The predicted molar refractivity (Wildman–Crippen MR) is 75.9 cm³/mol. The molecule has 0 saturated carbocycles. The highest BCUT2D eigenvalue weighted by atomic mass is 32.2. The second-order valence-corrected chi connectivity index (χ2v) is 6.29. The smallest absolute Gasteiger partial charge is 0.264 e. The average molecular weight is 309 g/mol. The van der Waals surface area contributed by atoms with Crippen LogP contribution in [0.5, 0.6) is 0 Å². The lowest BCUT2D eigenvalue weighted by Gasteiger charge is -2.07. The van der Waals surface area contributed by atoms with Gasteiger partial charge in [-0.25, -0.2) is 8.42 Å². The normalized spacial score (nSPS) is 10.7. The minimum Gasteiger partial charge on any atom is -0.384 e. The molecule has 0 aliphatic carbocycles. The first-order valence-corrected chi connectivity index (χ1v) is 7.88. The maximum absolute atomic E-state index is 12.3. The fourth-order valence-corrected chi connectivity index (χ4v) is 3.34. The number of aliphatic hydroxyl groups excluding tert-OH is 1. The van der Waals surface area contributed by atoms with Gasteiger partial charge in [-0.05, 0) is 24.6 Å². The topological polar surface area (TPSA) is 92.2 Å². The van der Waals surface area contributed by atoms with Crippen molar-refractivity contribution in [3.63, 3.8) is 0 Å². The summed E-state index contributed by atoms with van der Waals surface area (Å²) in [5.74, 6) is 5.09. The molecule has 0 aliphatic rings. The van der Waals surface area contributed by atoms with Crippen LogP contribution in [-0.4, -0.2) is 30.3 Å². The Hall–Kier alpha value is -1.95. The Bertz CT molecular complexity index is 759. The first kappa shape index (κ1) is 14.5. The lowest BCUT2D eigenvalue weighted by atomic mass is 10.1. The van der Waals surface area contributed by atoms with E-state index < -0.39 is 10.0 Å². The highest BCUT2D eigenvalue weighted by Crippen LogP contribution is 2.21. The molecule has 2 aromatic rings. The summed E-state index contributed by atoms with van der Waals surface area (Å²) in [6.45, 7) is 1.50. The van der Waals surface area contributed by atoms with Gasteiger partial charge in [0.1, 0.15) is 17.0 Å². The third kappa shape index (κ3) is 3.33. The van der Waals surface area contributed by atoms with Crippen LogP contribution < -0.4 is 4.72 Å². The molecule has 0 aliphatic heterocycles. The molecular weight excluding hydrogens is 298 g/mol. The molecule has 104 valence electrons.